The summed E-state index contributed by atoms with van der Waals surface area (Å²) < 4.78 is 28.9. The zero-order chi connectivity index (χ0) is 79.6. The molecule has 0 saturated heterocycles. The molecule has 5 aliphatic rings. The molecule has 13 aromatic heterocycles. The number of hydrogen-bond donors (Lipinski definition) is 6. The molecule has 6 N–H and O–H groups in total. The van der Waals surface area contributed by atoms with Crippen LogP contribution in [0.5, 0.6) is 5.75 Å². The number of aryl methyl sites for hydroxylation is 5. The molecule has 7 aromatic carbocycles. The minimum absolute atomic E-state index is 0.0551. The number of fused-ring (bicyclic) bond motifs is 25. The molecule has 20 aromatic rings. The van der Waals surface area contributed by atoms with Gasteiger partial charge in [-0.05, 0) is 324 Å². The van der Waals surface area contributed by atoms with Gasteiger partial charge in [-0.15, -0.1) is 0 Å². The molecule has 18 heteroatoms. The zero-order valence-electron chi connectivity index (χ0n) is 65.6. The minimum Gasteiger partial charge on any atom is -0.508 e. The maximum atomic E-state index is 14.5. The zero-order valence-corrected chi connectivity index (χ0v) is 67.2. The summed E-state index contributed by atoms with van der Waals surface area (Å²) in [5.74, 6) is -0.905. The van der Waals surface area contributed by atoms with Gasteiger partial charge in [-0.2, -0.15) is 9.49 Å². The molecular formula is C101H83BrF2N14O. The van der Waals surface area contributed by atoms with Crippen molar-refractivity contribution in [2.45, 2.75) is 128 Å². The number of aromatic hydroxyl groups is 1. The van der Waals surface area contributed by atoms with Gasteiger partial charge < -0.3 is 25.0 Å². The Morgan fingerprint density at radius 1 is 0.311 bits per heavy atom. The Morgan fingerprint density at radius 2 is 0.723 bits per heavy atom. The summed E-state index contributed by atoms with van der Waals surface area (Å²) in [7, 11) is 0. The fourth-order valence-electron chi connectivity index (χ4n) is 19.9. The van der Waals surface area contributed by atoms with Crippen molar-refractivity contribution >= 4 is 125 Å². The number of pyridine rings is 8. The van der Waals surface area contributed by atoms with E-state index in [2.05, 4.69) is 190 Å². The first-order valence-corrected chi connectivity index (χ1v) is 42.6. The Hall–Kier alpha value is -13.2. The van der Waals surface area contributed by atoms with Gasteiger partial charge in [0.2, 0.25) is 5.95 Å². The van der Waals surface area contributed by atoms with Crippen LogP contribution in [0.25, 0.3) is 165 Å². The Morgan fingerprint density at radius 3 is 1.18 bits per heavy atom. The molecule has 0 fully saturated rings. The average Bonchev–Trinajstić information content (AvgIpc) is 1.76. The van der Waals surface area contributed by atoms with Gasteiger partial charge in [-0.25, -0.2) is 14.4 Å². The highest BCUT2D eigenvalue weighted by Gasteiger charge is 2.28. The average molecular weight is 1630 g/mol. The Labute approximate surface area is 692 Å². The lowest BCUT2D eigenvalue weighted by molar-refractivity contribution is 0.469. The summed E-state index contributed by atoms with van der Waals surface area (Å²) in [6.07, 6.45) is 41.6. The van der Waals surface area contributed by atoms with E-state index in [0.29, 0.717) is 5.56 Å². The second-order valence-electron chi connectivity index (χ2n) is 32.0. The van der Waals surface area contributed by atoms with Crippen LogP contribution in [0.4, 0.5) is 8.78 Å². The molecule has 15 nitrogen and oxygen atoms in total. The lowest BCUT2D eigenvalue weighted by Gasteiger charge is -2.23. The molecule has 0 bridgehead atoms. The van der Waals surface area contributed by atoms with Crippen molar-refractivity contribution in [1.82, 2.24) is 70.0 Å². The largest absolute Gasteiger partial charge is 0.508 e. The number of hydrogen-bond acceptors (Lipinski definition) is 10. The Balaban J connectivity index is 0.0000000923. The van der Waals surface area contributed by atoms with Crippen molar-refractivity contribution in [2.75, 3.05) is 0 Å². The molecule has 0 spiro atoms. The topological polar surface area (TPSA) is 215 Å². The fourth-order valence-corrected chi connectivity index (χ4v) is 20.3. The van der Waals surface area contributed by atoms with Crippen LogP contribution in [0.2, 0.25) is 0 Å². The van der Waals surface area contributed by atoms with Gasteiger partial charge in [-0.1, -0.05) is 34.1 Å². The highest BCUT2D eigenvalue weighted by molar-refractivity contribution is 9.10. The number of halogens is 3. The SMILES string of the molecule is Brc1ccccc1-c1[nH]c2ccc3nccc3c2c2c1CCCC2.Fc1ccc(-c2[nH]c3ccc4nccc4c3c3c2CCCC3)cn1.Oc1ccc(-c2[nH]c3ccc4nccc4c3c3c2CCCC3)c(F)c1.c1cncc(-c2[nH]c3ccc4nccc4c3c3c2CCCC3)c1.c1cncc(-c2nc3ccc4[nH]ncc4c3c3c2CCCC3)c1. The van der Waals surface area contributed by atoms with E-state index in [0.717, 1.165) is 159 Å². The van der Waals surface area contributed by atoms with Crippen LogP contribution in [0.3, 0.4) is 0 Å². The summed E-state index contributed by atoms with van der Waals surface area (Å²) in [6.45, 7) is 0. The first-order valence-electron chi connectivity index (χ1n) is 41.8. The molecule has 0 unspecified atom stereocenters. The van der Waals surface area contributed by atoms with Crippen LogP contribution in [0, 0.1) is 11.8 Å². The lowest BCUT2D eigenvalue weighted by Crippen LogP contribution is -2.08. The predicted octanol–water partition coefficient (Wildman–Crippen LogP) is 24.6. The molecule has 119 heavy (non-hydrogen) atoms. The Bertz CT molecular complexity index is 7160. The maximum Gasteiger partial charge on any atom is 0.212 e. The predicted molar refractivity (Wildman–Crippen MR) is 479 cm³/mol. The van der Waals surface area contributed by atoms with E-state index in [-0.39, 0.29) is 5.75 Å². The summed E-state index contributed by atoms with van der Waals surface area (Å²) in [5.41, 5.74) is 35.4. The van der Waals surface area contributed by atoms with E-state index in [9.17, 15) is 13.9 Å². The number of benzene rings is 7. The maximum absolute atomic E-state index is 14.5. The standard InChI is InChI=1S/C21H17BrN2.C21H17FN2O.C20H16FN3.C20H17N3.C19H16N4/c22-17-8-4-3-7-15(17)21-14-6-2-1-5-13(14)20-16-11-12-23-18(16)9-10-19(20)24-21;22-17-11-12(25)5-6-15(17)21-14-4-2-1-3-13(14)20-16-9-10-23-18(16)7-8-19(20)24-21;21-18-8-5-12(11-23-18)20-14-4-2-1-3-13(14)19-15-9-10-22-16(15)6-7-17(19)24-20;1-2-6-15-14(5-1)19-16-9-11-22-17(16)7-8-18(19)23-20(15)13-4-3-10-21-12-13;1-2-6-14-13(5-1)18-15-11-21-23-16(15)7-8-17(18)22-19(14)12-4-3-9-20-10-12/h3-4,7-12,24H,1-2,5-6H2;5-11,24-25H,1-4H2;5-11,24H,1-4H2;3-4,7-12,23H,1-2,5-6H2;3-4,7-11H,1-2,5-6H2,(H,21,23). The monoisotopic (exact) mass is 1620 g/mol. The van der Waals surface area contributed by atoms with Crippen LogP contribution < -0.4 is 0 Å². The minimum atomic E-state index is -0.446. The van der Waals surface area contributed by atoms with Crippen LogP contribution >= 0.6 is 15.9 Å². The number of aromatic amines is 5. The van der Waals surface area contributed by atoms with Crippen LogP contribution in [0.15, 0.2) is 230 Å². The lowest BCUT2D eigenvalue weighted by atomic mass is 9.85. The smallest absolute Gasteiger partial charge is 0.212 e. The molecule has 0 atom stereocenters. The third-order valence-corrected chi connectivity index (χ3v) is 25.9. The number of phenols is 1. The molecule has 0 aliphatic heterocycles. The van der Waals surface area contributed by atoms with E-state index < -0.39 is 11.8 Å². The highest BCUT2D eigenvalue weighted by Crippen LogP contribution is 2.46. The van der Waals surface area contributed by atoms with Crippen molar-refractivity contribution in [2.24, 2.45) is 0 Å². The van der Waals surface area contributed by atoms with Crippen LogP contribution in [-0.2, 0) is 64.2 Å². The van der Waals surface area contributed by atoms with Gasteiger partial charge in [-0.3, -0.25) is 35.0 Å². The normalized spacial score (nSPS) is 14.2. The Kier molecular flexibility index (Phi) is 19.3. The van der Waals surface area contributed by atoms with Gasteiger partial charge in [0.15, 0.2) is 0 Å². The van der Waals surface area contributed by atoms with Crippen molar-refractivity contribution in [3.05, 3.63) is 298 Å². The van der Waals surface area contributed by atoms with Gasteiger partial charge in [0, 0.05) is 170 Å². The molecule has 0 radical (unpaired) electrons. The number of nitrogens with one attached hydrogen (secondary N) is 5. The second kappa shape index (κ2) is 31.4. The first kappa shape index (κ1) is 73.4. The molecule has 13 heterocycles. The summed E-state index contributed by atoms with van der Waals surface area (Å²) >= 11 is 3.73. The van der Waals surface area contributed by atoms with E-state index >= 15 is 0 Å². The van der Waals surface area contributed by atoms with Crippen molar-refractivity contribution in [1.29, 1.82) is 0 Å². The number of aromatic nitrogens is 14. The van der Waals surface area contributed by atoms with Gasteiger partial charge >= 0.3 is 0 Å². The summed E-state index contributed by atoms with van der Waals surface area (Å²) in [5, 5.41) is 29.5. The number of rotatable bonds is 5. The third kappa shape index (κ3) is 13.5. The van der Waals surface area contributed by atoms with Gasteiger partial charge in [0.1, 0.15) is 11.6 Å². The van der Waals surface area contributed by atoms with Crippen molar-refractivity contribution in [3.8, 4) is 62.0 Å². The molecular weight excluding hydrogens is 1540 g/mol. The molecule has 25 rings (SSSR count). The molecule has 0 saturated carbocycles. The van der Waals surface area contributed by atoms with Crippen LogP contribution in [-0.4, -0.2) is 75.1 Å². The van der Waals surface area contributed by atoms with E-state index in [1.165, 1.54) is 207 Å². The molecule has 584 valence electrons. The number of H-pyrrole nitrogens is 5. The van der Waals surface area contributed by atoms with Crippen molar-refractivity contribution in [3.63, 3.8) is 0 Å². The van der Waals surface area contributed by atoms with E-state index in [1.54, 1.807) is 18.3 Å². The fraction of sp³-hybridized carbons (Fsp3) is 0.198. The second-order valence-corrected chi connectivity index (χ2v) is 32.9. The summed E-state index contributed by atoms with van der Waals surface area (Å²) in [4.78, 5) is 49.7. The van der Waals surface area contributed by atoms with E-state index in [4.69, 9.17) is 4.98 Å². The molecule has 0 amide bonds. The quantitative estimate of drug-likeness (QED) is 0.0897. The number of nitrogens with zero attached hydrogens (tertiary/aromatic N) is 9. The van der Waals surface area contributed by atoms with Crippen molar-refractivity contribution < 1.29 is 13.9 Å². The van der Waals surface area contributed by atoms with Crippen LogP contribution in [0.1, 0.15) is 120 Å². The molecule has 5 aliphatic carbocycles. The van der Waals surface area contributed by atoms with E-state index in [1.807, 2.05) is 80.0 Å². The number of phenolic OH excluding ortho intramolecular Hbond substituents is 1. The third-order valence-electron chi connectivity index (χ3n) is 25.2. The summed E-state index contributed by atoms with van der Waals surface area (Å²) in [6, 6.07) is 53.7. The first-order chi connectivity index (χ1) is 58.7. The van der Waals surface area contributed by atoms with Gasteiger partial charge in [0.25, 0.3) is 0 Å². The highest BCUT2D eigenvalue weighted by atomic mass is 79.9. The van der Waals surface area contributed by atoms with Gasteiger partial charge in [0.05, 0.1) is 67.8 Å².